The minimum Gasteiger partial charge on any atom is -0.378 e. The van der Waals surface area contributed by atoms with E-state index in [-0.39, 0.29) is 17.8 Å². The molecule has 0 radical (unpaired) electrons. The number of halogens is 1. The van der Waals surface area contributed by atoms with E-state index in [1.165, 1.54) is 12.1 Å². The summed E-state index contributed by atoms with van der Waals surface area (Å²) in [4.78, 5) is 28.3. The molecule has 1 aromatic rings. The molecule has 2 saturated heterocycles. The normalized spacial score (nSPS) is 20.7. The van der Waals surface area contributed by atoms with E-state index in [9.17, 15) is 14.0 Å². The third kappa shape index (κ3) is 5.17. The monoisotopic (exact) mass is 363 g/mol. The van der Waals surface area contributed by atoms with Gasteiger partial charge in [0, 0.05) is 38.3 Å². The van der Waals surface area contributed by atoms with Crippen molar-refractivity contribution in [1.82, 2.24) is 9.80 Å². The van der Waals surface area contributed by atoms with Crippen molar-refractivity contribution in [2.45, 2.75) is 25.7 Å². The maximum absolute atomic E-state index is 13.0. The zero-order valence-corrected chi connectivity index (χ0v) is 15.0. The Hall–Kier alpha value is -2.15. The van der Waals surface area contributed by atoms with Crippen LogP contribution in [0.4, 0.5) is 14.9 Å². The van der Waals surface area contributed by atoms with Gasteiger partial charge in [-0.2, -0.15) is 0 Å². The molecule has 2 heterocycles. The van der Waals surface area contributed by atoms with Gasteiger partial charge in [0.25, 0.3) is 0 Å². The van der Waals surface area contributed by atoms with Gasteiger partial charge >= 0.3 is 6.03 Å². The Morgan fingerprint density at radius 1 is 1.12 bits per heavy atom. The van der Waals surface area contributed by atoms with Crippen LogP contribution >= 0.6 is 0 Å². The third-order valence-electron chi connectivity index (χ3n) is 5.03. The van der Waals surface area contributed by atoms with E-state index in [1.54, 1.807) is 17.0 Å². The molecule has 3 rings (SSSR count). The SMILES string of the molecule is O=C(CC[C@@H]1CCCN(C(=O)Nc2ccc(F)cc2)C1)N1CCOCC1. The first kappa shape index (κ1) is 18.6. The molecule has 6 nitrogen and oxygen atoms in total. The molecule has 0 unspecified atom stereocenters. The van der Waals surface area contributed by atoms with Crippen molar-refractivity contribution in [3.05, 3.63) is 30.1 Å². The van der Waals surface area contributed by atoms with Crippen molar-refractivity contribution in [1.29, 1.82) is 0 Å². The zero-order chi connectivity index (χ0) is 18.4. The fourth-order valence-electron chi connectivity index (χ4n) is 3.52. The predicted molar refractivity (Wildman–Crippen MR) is 96.3 cm³/mol. The first-order valence-corrected chi connectivity index (χ1v) is 9.29. The van der Waals surface area contributed by atoms with E-state index in [0.717, 1.165) is 19.3 Å². The van der Waals surface area contributed by atoms with Gasteiger partial charge in [-0.1, -0.05) is 0 Å². The Morgan fingerprint density at radius 2 is 1.85 bits per heavy atom. The largest absolute Gasteiger partial charge is 0.378 e. The lowest BCUT2D eigenvalue weighted by atomic mass is 9.93. The van der Waals surface area contributed by atoms with Gasteiger partial charge in [-0.3, -0.25) is 4.79 Å². The number of nitrogens with one attached hydrogen (secondary N) is 1. The lowest BCUT2D eigenvalue weighted by molar-refractivity contribution is -0.135. The van der Waals surface area contributed by atoms with Crippen LogP contribution in [-0.2, 0) is 9.53 Å². The molecule has 0 bridgehead atoms. The average Bonchev–Trinajstić information content (AvgIpc) is 2.69. The topological polar surface area (TPSA) is 61.9 Å². The molecular weight excluding hydrogens is 337 g/mol. The highest BCUT2D eigenvalue weighted by Gasteiger charge is 2.25. The van der Waals surface area contributed by atoms with Gasteiger partial charge < -0.3 is 19.9 Å². The Labute approximate surface area is 153 Å². The highest BCUT2D eigenvalue weighted by atomic mass is 19.1. The molecule has 3 amide bonds. The van der Waals surface area contributed by atoms with Gasteiger partial charge in [-0.05, 0) is 49.4 Å². The minimum atomic E-state index is -0.328. The zero-order valence-electron chi connectivity index (χ0n) is 15.0. The summed E-state index contributed by atoms with van der Waals surface area (Å²) in [6.07, 6.45) is 3.30. The summed E-state index contributed by atoms with van der Waals surface area (Å²) in [7, 11) is 0. The van der Waals surface area contributed by atoms with Crippen molar-refractivity contribution in [2.24, 2.45) is 5.92 Å². The fraction of sp³-hybridized carbons (Fsp3) is 0.579. The van der Waals surface area contributed by atoms with E-state index in [1.807, 2.05) is 4.90 Å². The summed E-state index contributed by atoms with van der Waals surface area (Å²) in [5.41, 5.74) is 0.584. The number of benzene rings is 1. The smallest absolute Gasteiger partial charge is 0.321 e. The number of carbonyl (C=O) groups excluding carboxylic acids is 2. The molecule has 0 saturated carbocycles. The van der Waals surface area contributed by atoms with E-state index >= 15 is 0 Å². The maximum atomic E-state index is 13.0. The van der Waals surface area contributed by atoms with Crippen LogP contribution in [0.2, 0.25) is 0 Å². The number of anilines is 1. The molecule has 142 valence electrons. The molecule has 2 aliphatic rings. The Bertz CT molecular complexity index is 617. The Kier molecular flexibility index (Phi) is 6.44. The molecule has 1 aromatic carbocycles. The quantitative estimate of drug-likeness (QED) is 0.895. The summed E-state index contributed by atoms with van der Waals surface area (Å²) in [6, 6.07) is 5.59. The highest BCUT2D eigenvalue weighted by Crippen LogP contribution is 2.22. The number of hydrogen-bond acceptors (Lipinski definition) is 3. The van der Waals surface area contributed by atoms with Crippen LogP contribution in [0.5, 0.6) is 0 Å². The van der Waals surface area contributed by atoms with E-state index in [2.05, 4.69) is 5.32 Å². The lowest BCUT2D eigenvalue weighted by Gasteiger charge is -2.33. The van der Waals surface area contributed by atoms with E-state index in [4.69, 9.17) is 4.74 Å². The van der Waals surface area contributed by atoms with Crippen LogP contribution in [0.3, 0.4) is 0 Å². The van der Waals surface area contributed by atoms with Crippen LogP contribution in [0.25, 0.3) is 0 Å². The van der Waals surface area contributed by atoms with Crippen LogP contribution in [-0.4, -0.2) is 61.1 Å². The Morgan fingerprint density at radius 3 is 2.58 bits per heavy atom. The second kappa shape index (κ2) is 8.98. The summed E-state index contributed by atoms with van der Waals surface area (Å²) in [5, 5.41) is 2.81. The molecule has 0 spiro atoms. The second-order valence-corrected chi connectivity index (χ2v) is 6.92. The molecule has 0 aromatic heterocycles. The predicted octanol–water partition coefficient (Wildman–Crippen LogP) is 2.71. The first-order chi connectivity index (χ1) is 12.6. The van der Waals surface area contributed by atoms with Crippen LogP contribution in [0, 0.1) is 11.7 Å². The lowest BCUT2D eigenvalue weighted by Crippen LogP contribution is -2.43. The number of nitrogens with zero attached hydrogens (tertiary/aromatic N) is 2. The number of amides is 3. The van der Waals surface area contributed by atoms with Crippen molar-refractivity contribution in [3.8, 4) is 0 Å². The Balaban J connectivity index is 1.45. The van der Waals surface area contributed by atoms with Crippen molar-refractivity contribution < 1.29 is 18.7 Å². The molecule has 2 aliphatic heterocycles. The molecule has 0 aliphatic carbocycles. The number of urea groups is 1. The summed E-state index contributed by atoms with van der Waals surface area (Å²) >= 11 is 0. The number of hydrogen-bond donors (Lipinski definition) is 1. The van der Waals surface area contributed by atoms with E-state index < -0.39 is 0 Å². The fourth-order valence-corrected chi connectivity index (χ4v) is 3.52. The number of piperidine rings is 1. The van der Waals surface area contributed by atoms with Gasteiger partial charge in [0.15, 0.2) is 0 Å². The number of likely N-dealkylation sites (tertiary alicyclic amines) is 1. The molecule has 1 atom stereocenters. The van der Waals surface area contributed by atoms with Gasteiger partial charge in [-0.25, -0.2) is 9.18 Å². The van der Waals surface area contributed by atoms with Crippen molar-refractivity contribution >= 4 is 17.6 Å². The number of carbonyl (C=O) groups is 2. The molecule has 26 heavy (non-hydrogen) atoms. The average molecular weight is 363 g/mol. The molecule has 1 N–H and O–H groups in total. The van der Waals surface area contributed by atoms with Gasteiger partial charge in [0.1, 0.15) is 5.82 Å². The van der Waals surface area contributed by atoms with Gasteiger partial charge in [0.2, 0.25) is 5.91 Å². The number of morpholine rings is 1. The van der Waals surface area contributed by atoms with Gasteiger partial charge in [-0.15, -0.1) is 0 Å². The van der Waals surface area contributed by atoms with Gasteiger partial charge in [0.05, 0.1) is 13.2 Å². The summed E-state index contributed by atoms with van der Waals surface area (Å²) in [5.74, 6) is 0.194. The number of ether oxygens (including phenoxy) is 1. The first-order valence-electron chi connectivity index (χ1n) is 9.29. The van der Waals surface area contributed by atoms with Crippen LogP contribution < -0.4 is 5.32 Å². The standard InChI is InChI=1S/C19H26FN3O3/c20-16-4-6-17(7-5-16)21-19(25)23-9-1-2-15(14-23)3-8-18(24)22-10-12-26-13-11-22/h4-7,15H,1-3,8-14H2,(H,21,25)/t15-/m0/s1. The number of rotatable bonds is 4. The summed E-state index contributed by atoms with van der Waals surface area (Å²) in [6.45, 7) is 3.95. The second-order valence-electron chi connectivity index (χ2n) is 6.92. The molecule has 7 heteroatoms. The van der Waals surface area contributed by atoms with Crippen LogP contribution in [0.1, 0.15) is 25.7 Å². The van der Waals surface area contributed by atoms with Crippen molar-refractivity contribution in [2.75, 3.05) is 44.7 Å². The molecule has 2 fully saturated rings. The maximum Gasteiger partial charge on any atom is 0.321 e. The minimum absolute atomic E-state index is 0.166. The third-order valence-corrected chi connectivity index (χ3v) is 5.03. The van der Waals surface area contributed by atoms with Crippen LogP contribution in [0.15, 0.2) is 24.3 Å². The summed E-state index contributed by atoms with van der Waals surface area (Å²) < 4.78 is 18.2. The van der Waals surface area contributed by atoms with E-state index in [0.29, 0.717) is 57.4 Å². The molecular formula is C19H26FN3O3. The van der Waals surface area contributed by atoms with Crippen molar-refractivity contribution in [3.63, 3.8) is 0 Å². The highest BCUT2D eigenvalue weighted by molar-refractivity contribution is 5.89.